The molecule has 0 amide bonds. The summed E-state index contributed by atoms with van der Waals surface area (Å²) in [7, 11) is 3.15. The zero-order valence-electron chi connectivity index (χ0n) is 8.67. The van der Waals surface area contributed by atoms with Gasteiger partial charge in [0.2, 0.25) is 0 Å². The highest BCUT2D eigenvalue weighted by molar-refractivity contribution is 5.68. The Morgan fingerprint density at radius 2 is 1.62 bits per heavy atom. The number of ether oxygens (including phenoxy) is 2. The number of rotatable bonds is 8. The van der Waals surface area contributed by atoms with Crippen LogP contribution in [0, 0.1) is 0 Å². The first-order valence-corrected chi connectivity index (χ1v) is 4.87. The number of carbonyl (C=O) groups excluding carboxylic acids is 1. The van der Waals surface area contributed by atoms with Crippen molar-refractivity contribution in [2.45, 2.75) is 38.5 Å². The molecule has 0 atom stereocenters. The summed E-state index contributed by atoms with van der Waals surface area (Å²) in [5.74, 6) is -0.100. The van der Waals surface area contributed by atoms with Crippen molar-refractivity contribution in [2.75, 3.05) is 20.8 Å². The van der Waals surface area contributed by atoms with Gasteiger partial charge in [-0.05, 0) is 12.8 Å². The molecule has 0 aromatic heterocycles. The van der Waals surface area contributed by atoms with Crippen LogP contribution in [0.2, 0.25) is 0 Å². The molecule has 0 bridgehead atoms. The minimum Gasteiger partial charge on any atom is -0.469 e. The van der Waals surface area contributed by atoms with Crippen molar-refractivity contribution in [3.63, 3.8) is 0 Å². The fourth-order valence-electron chi connectivity index (χ4n) is 1.15. The molecule has 78 valence electrons. The van der Waals surface area contributed by atoms with E-state index in [4.69, 9.17) is 4.74 Å². The molecule has 0 rings (SSSR count). The molecule has 13 heavy (non-hydrogen) atoms. The van der Waals surface area contributed by atoms with E-state index in [0.717, 1.165) is 25.9 Å². The Kier molecular flexibility index (Phi) is 9.10. The van der Waals surface area contributed by atoms with E-state index in [1.807, 2.05) is 0 Å². The van der Waals surface area contributed by atoms with Crippen LogP contribution in [-0.4, -0.2) is 26.8 Å². The maximum atomic E-state index is 10.7. The number of hydrogen-bond donors (Lipinski definition) is 0. The number of unbranched alkanes of at least 4 members (excludes halogenated alkanes) is 4. The molecule has 0 heterocycles. The zero-order valence-corrected chi connectivity index (χ0v) is 8.67. The van der Waals surface area contributed by atoms with Gasteiger partial charge in [0.05, 0.1) is 7.11 Å². The van der Waals surface area contributed by atoms with Crippen LogP contribution in [-0.2, 0) is 14.3 Å². The first-order chi connectivity index (χ1) is 6.31. The molecule has 0 unspecified atom stereocenters. The molecule has 0 aliphatic rings. The minimum atomic E-state index is -0.100. The van der Waals surface area contributed by atoms with E-state index in [0.29, 0.717) is 6.42 Å². The van der Waals surface area contributed by atoms with Crippen LogP contribution in [0.3, 0.4) is 0 Å². The quantitative estimate of drug-likeness (QED) is 0.432. The van der Waals surface area contributed by atoms with Gasteiger partial charge in [-0.3, -0.25) is 4.79 Å². The van der Waals surface area contributed by atoms with Gasteiger partial charge < -0.3 is 9.47 Å². The summed E-state index contributed by atoms with van der Waals surface area (Å²) in [4.78, 5) is 10.7. The third-order valence-electron chi connectivity index (χ3n) is 1.96. The molecule has 0 aromatic carbocycles. The first-order valence-electron chi connectivity index (χ1n) is 4.87. The van der Waals surface area contributed by atoms with Crippen molar-refractivity contribution >= 4 is 5.97 Å². The van der Waals surface area contributed by atoms with Gasteiger partial charge >= 0.3 is 5.97 Å². The molecule has 3 nitrogen and oxygen atoms in total. The summed E-state index contributed by atoms with van der Waals surface area (Å²) in [6.07, 6.45) is 6.10. The van der Waals surface area contributed by atoms with Crippen molar-refractivity contribution in [3.8, 4) is 0 Å². The van der Waals surface area contributed by atoms with Gasteiger partial charge in [0, 0.05) is 20.1 Å². The highest BCUT2D eigenvalue weighted by Gasteiger charge is 1.98. The lowest BCUT2D eigenvalue weighted by molar-refractivity contribution is -0.140. The molecule has 0 N–H and O–H groups in total. The number of carbonyl (C=O) groups is 1. The Balaban J connectivity index is 2.95. The lowest BCUT2D eigenvalue weighted by Crippen LogP contribution is -1.99. The summed E-state index contributed by atoms with van der Waals surface area (Å²) in [6, 6.07) is 0. The van der Waals surface area contributed by atoms with Gasteiger partial charge in [-0.25, -0.2) is 0 Å². The van der Waals surface area contributed by atoms with Crippen molar-refractivity contribution in [1.82, 2.24) is 0 Å². The van der Waals surface area contributed by atoms with Crippen molar-refractivity contribution in [3.05, 3.63) is 0 Å². The van der Waals surface area contributed by atoms with Crippen LogP contribution in [0.25, 0.3) is 0 Å². The highest BCUT2D eigenvalue weighted by Crippen LogP contribution is 2.05. The fourth-order valence-corrected chi connectivity index (χ4v) is 1.15. The van der Waals surface area contributed by atoms with Crippen LogP contribution in [0.1, 0.15) is 38.5 Å². The third-order valence-corrected chi connectivity index (χ3v) is 1.96. The van der Waals surface area contributed by atoms with Crippen LogP contribution >= 0.6 is 0 Å². The van der Waals surface area contributed by atoms with E-state index >= 15 is 0 Å². The van der Waals surface area contributed by atoms with E-state index in [1.54, 1.807) is 7.11 Å². The Morgan fingerprint density at radius 1 is 1.00 bits per heavy atom. The number of hydrogen-bond acceptors (Lipinski definition) is 3. The fraction of sp³-hybridized carbons (Fsp3) is 0.900. The summed E-state index contributed by atoms with van der Waals surface area (Å²) >= 11 is 0. The summed E-state index contributed by atoms with van der Waals surface area (Å²) in [6.45, 7) is 0.844. The average Bonchev–Trinajstić information content (AvgIpc) is 2.16. The van der Waals surface area contributed by atoms with Gasteiger partial charge in [0.1, 0.15) is 0 Å². The Hall–Kier alpha value is -0.570. The lowest BCUT2D eigenvalue weighted by Gasteiger charge is -2.00. The second kappa shape index (κ2) is 9.52. The molecular formula is C10H20O3. The number of esters is 1. The van der Waals surface area contributed by atoms with Gasteiger partial charge in [-0.2, -0.15) is 0 Å². The van der Waals surface area contributed by atoms with E-state index in [9.17, 15) is 4.79 Å². The van der Waals surface area contributed by atoms with Gasteiger partial charge in [-0.1, -0.05) is 19.3 Å². The number of methoxy groups -OCH3 is 2. The molecule has 0 aromatic rings. The predicted molar refractivity (Wildman–Crippen MR) is 51.6 cm³/mol. The predicted octanol–water partition coefficient (Wildman–Crippen LogP) is 2.15. The molecule has 0 fully saturated rings. The molecule has 0 radical (unpaired) electrons. The van der Waals surface area contributed by atoms with Gasteiger partial charge in [-0.15, -0.1) is 0 Å². The average molecular weight is 188 g/mol. The zero-order chi connectivity index (χ0) is 9.94. The first kappa shape index (κ1) is 12.4. The molecule has 3 heteroatoms. The molecule has 0 aliphatic carbocycles. The summed E-state index contributed by atoms with van der Waals surface area (Å²) in [5.41, 5.74) is 0. The standard InChI is InChI=1S/C10H20O3/c1-12-9-7-5-3-4-6-8-10(11)13-2/h3-9H2,1-2H3. The van der Waals surface area contributed by atoms with Crippen LogP contribution in [0.5, 0.6) is 0 Å². The smallest absolute Gasteiger partial charge is 0.305 e. The normalized spacial score (nSPS) is 10.0. The van der Waals surface area contributed by atoms with Gasteiger partial charge in [0.15, 0.2) is 0 Å². The van der Waals surface area contributed by atoms with Crippen molar-refractivity contribution < 1.29 is 14.3 Å². The molecule has 0 aliphatic heterocycles. The molecule has 0 saturated carbocycles. The van der Waals surface area contributed by atoms with Gasteiger partial charge in [0.25, 0.3) is 0 Å². The van der Waals surface area contributed by atoms with Crippen LogP contribution in [0.15, 0.2) is 0 Å². The molecular weight excluding hydrogens is 168 g/mol. The second-order valence-corrected chi connectivity index (χ2v) is 3.09. The highest BCUT2D eigenvalue weighted by atomic mass is 16.5. The molecule has 0 saturated heterocycles. The Morgan fingerprint density at radius 3 is 2.23 bits per heavy atom. The molecule has 0 spiro atoms. The lowest BCUT2D eigenvalue weighted by atomic mass is 10.1. The maximum absolute atomic E-state index is 10.7. The van der Waals surface area contributed by atoms with Crippen LogP contribution in [0.4, 0.5) is 0 Å². The topological polar surface area (TPSA) is 35.5 Å². The minimum absolute atomic E-state index is 0.100. The monoisotopic (exact) mass is 188 g/mol. The Bertz CT molecular complexity index is 123. The van der Waals surface area contributed by atoms with E-state index in [-0.39, 0.29) is 5.97 Å². The summed E-state index contributed by atoms with van der Waals surface area (Å²) in [5, 5.41) is 0. The van der Waals surface area contributed by atoms with Crippen molar-refractivity contribution in [2.24, 2.45) is 0 Å². The second-order valence-electron chi connectivity index (χ2n) is 3.09. The van der Waals surface area contributed by atoms with Crippen LogP contribution < -0.4 is 0 Å². The third kappa shape index (κ3) is 9.34. The Labute approximate surface area is 80.4 Å². The largest absolute Gasteiger partial charge is 0.469 e. The summed E-state index contributed by atoms with van der Waals surface area (Å²) < 4.78 is 9.47. The van der Waals surface area contributed by atoms with Crippen molar-refractivity contribution in [1.29, 1.82) is 0 Å². The maximum Gasteiger partial charge on any atom is 0.305 e. The van der Waals surface area contributed by atoms with E-state index < -0.39 is 0 Å². The van der Waals surface area contributed by atoms with E-state index in [1.165, 1.54) is 20.0 Å². The SMILES string of the molecule is COCCCCCCCC(=O)OC. The van der Waals surface area contributed by atoms with E-state index in [2.05, 4.69) is 4.74 Å².